The van der Waals surface area contributed by atoms with Gasteiger partial charge in [0.2, 0.25) is 0 Å². The molecule has 8 heteroatoms. The number of esters is 1. The van der Waals surface area contributed by atoms with Gasteiger partial charge in [0.25, 0.3) is 0 Å². The maximum atomic E-state index is 13.1. The number of amides is 1. The topological polar surface area (TPSA) is 91.4 Å². The fraction of sp³-hybridized carbons (Fsp3) is 0.400. The number of Topliss-reactive ketones (excluding diaryl/α,β-unsaturated/α-hetero) is 1. The van der Waals surface area contributed by atoms with Gasteiger partial charge in [0.1, 0.15) is 24.1 Å². The third kappa shape index (κ3) is 5.90. The molecule has 3 rings (SSSR count). The van der Waals surface area contributed by atoms with Gasteiger partial charge in [0.15, 0.2) is 12.6 Å². The van der Waals surface area contributed by atoms with Crippen molar-refractivity contribution >= 4 is 17.8 Å². The van der Waals surface area contributed by atoms with Gasteiger partial charge < -0.3 is 18.9 Å². The van der Waals surface area contributed by atoms with Gasteiger partial charge in [-0.15, -0.1) is 0 Å². The van der Waals surface area contributed by atoms with Crippen LogP contribution in [0.25, 0.3) is 0 Å². The van der Waals surface area contributed by atoms with Crippen molar-refractivity contribution in [2.24, 2.45) is 0 Å². The first-order valence-electron chi connectivity index (χ1n) is 10.9. The molecule has 176 valence electrons. The van der Waals surface area contributed by atoms with Gasteiger partial charge in [-0.25, -0.2) is 9.59 Å². The Bertz CT molecular complexity index is 990. The molecule has 0 bridgehead atoms. The van der Waals surface area contributed by atoms with Crippen LogP contribution in [0, 0.1) is 6.92 Å². The highest BCUT2D eigenvalue weighted by atomic mass is 16.7. The largest absolute Gasteiger partial charge is 0.467 e. The van der Waals surface area contributed by atoms with Gasteiger partial charge in [0, 0.05) is 25.6 Å². The van der Waals surface area contributed by atoms with Crippen molar-refractivity contribution in [3.63, 3.8) is 0 Å². The van der Waals surface area contributed by atoms with Crippen molar-refractivity contribution in [3.8, 4) is 11.5 Å². The standard InChI is InChI=1S/C25H29NO7/c1-4-21(27)19-12-13-22(32-16-30-3)17(2)23(19)33-24(28)20-11-8-14-26(20)25(29)31-15-18-9-6-5-7-10-18/h5-7,9-10,12-13,20H,4,8,11,14-16H2,1-3H3/t20-/m1/s1. The number of nitrogens with zero attached hydrogens (tertiary/aromatic N) is 1. The van der Waals surface area contributed by atoms with Crippen molar-refractivity contribution < 1.29 is 33.3 Å². The molecule has 2 aromatic rings. The van der Waals surface area contributed by atoms with Crippen molar-refractivity contribution in [1.29, 1.82) is 0 Å². The number of benzene rings is 2. The van der Waals surface area contributed by atoms with E-state index in [1.165, 1.54) is 12.0 Å². The molecule has 1 fully saturated rings. The Morgan fingerprint density at radius 1 is 1.09 bits per heavy atom. The monoisotopic (exact) mass is 455 g/mol. The molecule has 1 saturated heterocycles. The predicted octanol–water partition coefficient (Wildman–Crippen LogP) is 4.28. The summed E-state index contributed by atoms with van der Waals surface area (Å²) in [4.78, 5) is 39.6. The normalized spacial score (nSPS) is 15.2. The molecule has 2 aromatic carbocycles. The minimum absolute atomic E-state index is 0.0129. The second-order valence-corrected chi connectivity index (χ2v) is 7.71. The summed E-state index contributed by atoms with van der Waals surface area (Å²) in [5.41, 5.74) is 1.66. The van der Waals surface area contributed by atoms with E-state index in [-0.39, 0.29) is 31.4 Å². The molecule has 1 aliphatic heterocycles. The first-order chi connectivity index (χ1) is 16.0. The minimum Gasteiger partial charge on any atom is -0.467 e. The van der Waals surface area contributed by atoms with Gasteiger partial charge in [-0.3, -0.25) is 9.69 Å². The molecule has 0 radical (unpaired) electrons. The van der Waals surface area contributed by atoms with Crippen molar-refractivity contribution in [2.75, 3.05) is 20.4 Å². The van der Waals surface area contributed by atoms with E-state index < -0.39 is 18.1 Å². The summed E-state index contributed by atoms with van der Waals surface area (Å²) in [6, 6.07) is 11.8. The molecule has 0 spiro atoms. The molecule has 0 N–H and O–H groups in total. The summed E-state index contributed by atoms with van der Waals surface area (Å²) < 4.78 is 21.6. The average molecular weight is 456 g/mol. The Kier molecular flexibility index (Phi) is 8.43. The molecule has 0 saturated carbocycles. The number of rotatable bonds is 9. The highest BCUT2D eigenvalue weighted by molar-refractivity contribution is 6.00. The number of carbonyl (C=O) groups is 3. The maximum Gasteiger partial charge on any atom is 0.410 e. The quantitative estimate of drug-likeness (QED) is 0.241. The lowest BCUT2D eigenvalue weighted by atomic mass is 10.0. The van der Waals surface area contributed by atoms with Gasteiger partial charge in [-0.05, 0) is 37.5 Å². The first kappa shape index (κ1) is 24.3. The van der Waals surface area contributed by atoms with Crippen LogP contribution in [-0.4, -0.2) is 49.2 Å². The number of ether oxygens (including phenoxy) is 4. The van der Waals surface area contributed by atoms with Crippen LogP contribution >= 0.6 is 0 Å². The SMILES string of the molecule is CCC(=O)c1ccc(OCOC)c(C)c1OC(=O)[C@H]1CCCN1C(=O)OCc1ccccc1. The number of ketones is 1. The molecule has 33 heavy (non-hydrogen) atoms. The Morgan fingerprint density at radius 2 is 1.85 bits per heavy atom. The summed E-state index contributed by atoms with van der Waals surface area (Å²) in [5.74, 6) is -0.186. The highest BCUT2D eigenvalue weighted by Gasteiger charge is 2.37. The van der Waals surface area contributed by atoms with E-state index in [2.05, 4.69) is 0 Å². The number of carbonyl (C=O) groups excluding carboxylic acids is 3. The van der Waals surface area contributed by atoms with Crippen LogP contribution in [0.2, 0.25) is 0 Å². The zero-order valence-corrected chi connectivity index (χ0v) is 19.2. The first-order valence-corrected chi connectivity index (χ1v) is 10.9. The molecule has 1 atom stereocenters. The number of likely N-dealkylation sites (tertiary alicyclic amines) is 1. The van der Waals surface area contributed by atoms with Gasteiger partial charge in [-0.2, -0.15) is 0 Å². The summed E-state index contributed by atoms with van der Waals surface area (Å²) >= 11 is 0. The molecule has 0 unspecified atom stereocenters. The Morgan fingerprint density at radius 3 is 2.55 bits per heavy atom. The zero-order valence-electron chi connectivity index (χ0n) is 19.2. The number of methoxy groups -OCH3 is 1. The van der Waals surface area contributed by atoms with Crippen LogP contribution in [0.4, 0.5) is 4.79 Å². The van der Waals surface area contributed by atoms with Crippen LogP contribution < -0.4 is 9.47 Å². The molecule has 0 aliphatic carbocycles. The molecule has 1 amide bonds. The summed E-state index contributed by atoms with van der Waals surface area (Å²) in [6.07, 6.45) is 0.785. The van der Waals surface area contributed by atoms with Crippen LogP contribution in [0.5, 0.6) is 11.5 Å². The fourth-order valence-corrected chi connectivity index (χ4v) is 3.70. The molecular formula is C25H29NO7. The summed E-state index contributed by atoms with van der Waals surface area (Å²) in [7, 11) is 1.50. The molecule has 1 aliphatic rings. The lowest BCUT2D eigenvalue weighted by Gasteiger charge is -2.23. The lowest BCUT2D eigenvalue weighted by molar-refractivity contribution is -0.139. The molecular weight excluding hydrogens is 426 g/mol. The molecule has 8 nitrogen and oxygen atoms in total. The van der Waals surface area contributed by atoms with Gasteiger partial charge >= 0.3 is 12.1 Å². The van der Waals surface area contributed by atoms with E-state index in [4.69, 9.17) is 18.9 Å². The molecule has 0 aromatic heterocycles. The second-order valence-electron chi connectivity index (χ2n) is 7.71. The Labute approximate surface area is 193 Å². The Balaban J connectivity index is 1.76. The number of hydrogen-bond acceptors (Lipinski definition) is 7. The van der Waals surface area contributed by atoms with Gasteiger partial charge in [0.05, 0.1) is 5.56 Å². The van der Waals surface area contributed by atoms with Crippen molar-refractivity contribution in [3.05, 3.63) is 59.2 Å². The Hall–Kier alpha value is -3.39. The van der Waals surface area contributed by atoms with Crippen LogP contribution in [-0.2, 0) is 20.9 Å². The van der Waals surface area contributed by atoms with Crippen LogP contribution in [0.15, 0.2) is 42.5 Å². The molecule has 1 heterocycles. The van der Waals surface area contributed by atoms with Crippen molar-refractivity contribution in [1.82, 2.24) is 4.90 Å². The average Bonchev–Trinajstić information content (AvgIpc) is 3.33. The van der Waals surface area contributed by atoms with Gasteiger partial charge in [-0.1, -0.05) is 37.3 Å². The predicted molar refractivity (Wildman–Crippen MR) is 120 cm³/mol. The van der Waals surface area contributed by atoms with Crippen LogP contribution in [0.1, 0.15) is 47.7 Å². The van der Waals surface area contributed by atoms with E-state index in [0.717, 1.165) is 5.56 Å². The third-order valence-electron chi connectivity index (χ3n) is 5.48. The van der Waals surface area contributed by atoms with E-state index in [9.17, 15) is 14.4 Å². The fourth-order valence-electron chi connectivity index (χ4n) is 3.70. The maximum absolute atomic E-state index is 13.1. The highest BCUT2D eigenvalue weighted by Crippen LogP contribution is 2.34. The number of hydrogen-bond donors (Lipinski definition) is 0. The van der Waals surface area contributed by atoms with Crippen LogP contribution in [0.3, 0.4) is 0 Å². The summed E-state index contributed by atoms with van der Waals surface area (Å²) in [6.45, 7) is 3.97. The lowest BCUT2D eigenvalue weighted by Crippen LogP contribution is -2.42. The summed E-state index contributed by atoms with van der Waals surface area (Å²) in [5, 5.41) is 0. The van der Waals surface area contributed by atoms with E-state index in [1.807, 2.05) is 30.3 Å². The van der Waals surface area contributed by atoms with E-state index in [1.54, 1.807) is 26.0 Å². The minimum atomic E-state index is -0.791. The second kappa shape index (κ2) is 11.5. The van der Waals surface area contributed by atoms with Crippen molar-refractivity contribution in [2.45, 2.75) is 45.8 Å². The zero-order chi connectivity index (χ0) is 23.8. The third-order valence-corrected chi connectivity index (χ3v) is 5.48. The van der Waals surface area contributed by atoms with E-state index in [0.29, 0.717) is 36.3 Å². The smallest absolute Gasteiger partial charge is 0.410 e. The van der Waals surface area contributed by atoms with E-state index >= 15 is 0 Å².